The minimum Gasteiger partial charge on any atom is -0.361 e. The monoisotopic (exact) mass is 448 g/mol. The summed E-state index contributed by atoms with van der Waals surface area (Å²) in [7, 11) is 0. The second-order valence-corrected chi connectivity index (χ2v) is 9.35. The van der Waals surface area contributed by atoms with Crippen LogP contribution in [0.3, 0.4) is 0 Å². The quantitative estimate of drug-likeness (QED) is 0.328. The van der Waals surface area contributed by atoms with E-state index in [1.54, 1.807) is 17.2 Å². The minimum absolute atomic E-state index is 0.0332. The molecule has 1 aliphatic rings. The average molecular weight is 449 g/mol. The van der Waals surface area contributed by atoms with Gasteiger partial charge in [0.1, 0.15) is 0 Å². The largest absolute Gasteiger partial charge is 0.361 e. The van der Waals surface area contributed by atoms with Gasteiger partial charge in [0.05, 0.1) is 17.6 Å². The van der Waals surface area contributed by atoms with E-state index in [9.17, 15) is 9.59 Å². The first-order valence-electron chi connectivity index (χ1n) is 11.3. The molecular formula is C28H24N4O2. The summed E-state index contributed by atoms with van der Waals surface area (Å²) in [6.07, 6.45) is 3.71. The Hall–Kier alpha value is -4.32. The molecule has 2 amide bonds. The molecule has 6 heteroatoms. The van der Waals surface area contributed by atoms with Crippen molar-refractivity contribution in [2.75, 3.05) is 10.2 Å². The maximum atomic E-state index is 13.4. The van der Waals surface area contributed by atoms with Gasteiger partial charge >= 0.3 is 0 Å². The Bertz CT molecular complexity index is 1590. The molecule has 0 spiro atoms. The molecular weight excluding hydrogens is 424 g/mol. The van der Waals surface area contributed by atoms with Gasteiger partial charge in [0, 0.05) is 40.1 Å². The number of anilines is 2. The third-order valence-corrected chi connectivity index (χ3v) is 6.80. The van der Waals surface area contributed by atoms with Crippen LogP contribution in [0.4, 0.5) is 11.4 Å². The van der Waals surface area contributed by atoms with E-state index in [-0.39, 0.29) is 11.8 Å². The summed E-state index contributed by atoms with van der Waals surface area (Å²) in [6, 6.07) is 21.6. The van der Waals surface area contributed by atoms with Gasteiger partial charge in [-0.1, -0.05) is 30.3 Å². The third kappa shape index (κ3) is 3.10. The molecule has 0 bridgehead atoms. The molecule has 5 aromatic rings. The lowest BCUT2D eigenvalue weighted by atomic mass is 9.86. The lowest BCUT2D eigenvalue weighted by molar-refractivity contribution is -0.122. The van der Waals surface area contributed by atoms with Crippen molar-refractivity contribution in [1.29, 1.82) is 0 Å². The van der Waals surface area contributed by atoms with Gasteiger partial charge in [0.15, 0.2) is 0 Å². The van der Waals surface area contributed by atoms with Crippen molar-refractivity contribution in [3.63, 3.8) is 0 Å². The number of aromatic nitrogens is 2. The number of para-hydroxylation sites is 1. The summed E-state index contributed by atoms with van der Waals surface area (Å²) in [4.78, 5) is 34.7. The molecule has 0 saturated heterocycles. The SMILES string of the molecule is CC1(C)C(=O)N(Cc2ccc3[nH]ccc3c2)c2cc(C(=O)Nc3c[nH]c4ccccc34)ccc21. The van der Waals surface area contributed by atoms with E-state index in [1.165, 1.54) is 0 Å². The second-order valence-electron chi connectivity index (χ2n) is 9.35. The first kappa shape index (κ1) is 20.3. The normalized spacial score (nSPS) is 14.6. The van der Waals surface area contributed by atoms with Gasteiger partial charge in [0.2, 0.25) is 5.91 Å². The van der Waals surface area contributed by atoms with Gasteiger partial charge in [-0.25, -0.2) is 0 Å². The highest BCUT2D eigenvalue weighted by molar-refractivity contribution is 6.12. The maximum absolute atomic E-state index is 13.4. The lowest BCUT2D eigenvalue weighted by Crippen LogP contribution is -2.35. The van der Waals surface area contributed by atoms with Crippen LogP contribution in [0, 0.1) is 0 Å². The Morgan fingerprint density at radius 2 is 1.82 bits per heavy atom. The van der Waals surface area contributed by atoms with E-state index < -0.39 is 5.41 Å². The number of carbonyl (C=O) groups is 2. The predicted octanol–water partition coefficient (Wildman–Crippen LogP) is 5.73. The fourth-order valence-electron chi connectivity index (χ4n) is 4.90. The standard InChI is InChI=1S/C28H24N4O2/c1-28(2)21-9-8-19(26(33)31-24-15-30-23-6-4-3-5-20(23)24)14-25(21)32(27(28)34)16-17-7-10-22-18(13-17)11-12-29-22/h3-15,29-30H,16H2,1-2H3,(H,31,33). The molecule has 6 rings (SSSR count). The Morgan fingerprint density at radius 3 is 2.71 bits per heavy atom. The molecule has 3 aromatic carbocycles. The van der Waals surface area contributed by atoms with Crippen LogP contribution in [0.5, 0.6) is 0 Å². The van der Waals surface area contributed by atoms with Gasteiger partial charge in [-0.2, -0.15) is 0 Å². The topological polar surface area (TPSA) is 81.0 Å². The fourth-order valence-corrected chi connectivity index (χ4v) is 4.90. The molecule has 0 unspecified atom stereocenters. The first-order chi connectivity index (χ1) is 16.4. The Morgan fingerprint density at radius 1 is 0.971 bits per heavy atom. The molecule has 3 N–H and O–H groups in total. The zero-order valence-electron chi connectivity index (χ0n) is 19.0. The van der Waals surface area contributed by atoms with Gasteiger partial charge < -0.3 is 20.2 Å². The van der Waals surface area contributed by atoms with Crippen LogP contribution in [0.25, 0.3) is 21.8 Å². The molecule has 0 radical (unpaired) electrons. The highest BCUT2D eigenvalue weighted by atomic mass is 16.2. The average Bonchev–Trinajstić information content (AvgIpc) is 3.52. The van der Waals surface area contributed by atoms with Crippen molar-refractivity contribution in [3.05, 3.63) is 95.8 Å². The number of H-pyrrole nitrogens is 2. The lowest BCUT2D eigenvalue weighted by Gasteiger charge is -2.20. The number of hydrogen-bond acceptors (Lipinski definition) is 2. The van der Waals surface area contributed by atoms with Crippen LogP contribution < -0.4 is 10.2 Å². The first-order valence-corrected chi connectivity index (χ1v) is 11.3. The molecule has 0 fully saturated rings. The van der Waals surface area contributed by atoms with Gasteiger partial charge in [-0.3, -0.25) is 9.59 Å². The molecule has 0 aliphatic carbocycles. The van der Waals surface area contributed by atoms with Crippen LogP contribution in [0.1, 0.15) is 35.3 Å². The molecule has 3 heterocycles. The predicted molar refractivity (Wildman–Crippen MR) is 135 cm³/mol. The molecule has 168 valence electrons. The van der Waals surface area contributed by atoms with Crippen molar-refractivity contribution in [1.82, 2.24) is 9.97 Å². The third-order valence-electron chi connectivity index (χ3n) is 6.80. The fraction of sp³-hybridized carbons (Fsp3) is 0.143. The Labute approximate surface area is 196 Å². The van der Waals surface area contributed by atoms with Crippen molar-refractivity contribution in [3.8, 4) is 0 Å². The van der Waals surface area contributed by atoms with E-state index in [0.717, 1.165) is 44.3 Å². The Balaban J connectivity index is 1.34. The Kier molecular flexibility index (Phi) is 4.39. The smallest absolute Gasteiger partial charge is 0.255 e. The van der Waals surface area contributed by atoms with Crippen LogP contribution in [0.15, 0.2) is 79.1 Å². The number of benzene rings is 3. The molecule has 34 heavy (non-hydrogen) atoms. The van der Waals surface area contributed by atoms with Crippen molar-refractivity contribution < 1.29 is 9.59 Å². The van der Waals surface area contributed by atoms with E-state index in [4.69, 9.17) is 0 Å². The van der Waals surface area contributed by atoms with Crippen molar-refractivity contribution in [2.24, 2.45) is 0 Å². The molecule has 0 atom stereocenters. The van der Waals surface area contributed by atoms with E-state index in [1.807, 2.05) is 74.6 Å². The molecule has 2 aromatic heterocycles. The second kappa shape index (κ2) is 7.35. The van der Waals surface area contributed by atoms with Crippen LogP contribution in [0.2, 0.25) is 0 Å². The van der Waals surface area contributed by atoms with Crippen LogP contribution >= 0.6 is 0 Å². The number of hydrogen-bond donors (Lipinski definition) is 3. The summed E-state index contributed by atoms with van der Waals surface area (Å²) in [5, 5.41) is 5.07. The number of fused-ring (bicyclic) bond motifs is 3. The molecule has 6 nitrogen and oxygen atoms in total. The molecule has 0 saturated carbocycles. The zero-order chi connectivity index (χ0) is 23.4. The van der Waals surface area contributed by atoms with Gasteiger partial charge in [-0.15, -0.1) is 0 Å². The van der Waals surface area contributed by atoms with Gasteiger partial charge in [-0.05, 0) is 66.8 Å². The van der Waals surface area contributed by atoms with E-state index in [2.05, 4.69) is 21.4 Å². The number of rotatable bonds is 4. The van der Waals surface area contributed by atoms with Gasteiger partial charge in [0.25, 0.3) is 5.91 Å². The number of amides is 2. The summed E-state index contributed by atoms with van der Waals surface area (Å²) in [6.45, 7) is 4.33. The summed E-state index contributed by atoms with van der Waals surface area (Å²) >= 11 is 0. The summed E-state index contributed by atoms with van der Waals surface area (Å²) < 4.78 is 0. The molecule has 1 aliphatic heterocycles. The zero-order valence-corrected chi connectivity index (χ0v) is 19.0. The number of aromatic amines is 2. The van der Waals surface area contributed by atoms with Crippen LogP contribution in [-0.4, -0.2) is 21.8 Å². The number of nitrogens with zero attached hydrogens (tertiary/aromatic N) is 1. The van der Waals surface area contributed by atoms with Crippen molar-refractivity contribution in [2.45, 2.75) is 25.8 Å². The maximum Gasteiger partial charge on any atom is 0.255 e. The van der Waals surface area contributed by atoms with Crippen LogP contribution in [-0.2, 0) is 16.8 Å². The summed E-state index contributed by atoms with van der Waals surface area (Å²) in [5.41, 5.74) is 5.38. The van der Waals surface area contributed by atoms with E-state index >= 15 is 0 Å². The van der Waals surface area contributed by atoms with E-state index in [0.29, 0.717) is 12.1 Å². The number of nitrogens with one attached hydrogen (secondary N) is 3. The number of carbonyl (C=O) groups excluding carboxylic acids is 2. The highest BCUT2D eigenvalue weighted by Crippen LogP contribution is 2.43. The minimum atomic E-state index is -0.653. The van der Waals surface area contributed by atoms with Crippen molar-refractivity contribution >= 4 is 45.0 Å². The summed E-state index contributed by atoms with van der Waals surface area (Å²) in [5.74, 6) is -0.177. The highest BCUT2D eigenvalue weighted by Gasteiger charge is 2.44.